The highest BCUT2D eigenvalue weighted by atomic mass is 35.5. The Morgan fingerprint density at radius 1 is 1.27 bits per heavy atom. The highest BCUT2D eigenvalue weighted by Gasteiger charge is 2.11. The van der Waals surface area contributed by atoms with Gasteiger partial charge in [-0.05, 0) is 50.8 Å². The van der Waals surface area contributed by atoms with Gasteiger partial charge in [0, 0.05) is 35.9 Å². The largest absolute Gasteiger partial charge is 0.398 e. The maximum Gasteiger partial charge on any atom is 0.0880 e. The maximum absolute atomic E-state index is 5.96. The van der Waals surface area contributed by atoms with Crippen LogP contribution in [-0.2, 0) is 6.54 Å². The molecule has 0 radical (unpaired) electrons. The number of rotatable bonds is 9. The molecule has 1 aliphatic heterocycles. The Hall–Kier alpha value is -2.52. The van der Waals surface area contributed by atoms with Crippen molar-refractivity contribution in [1.29, 1.82) is 0 Å². The van der Waals surface area contributed by atoms with Crippen molar-refractivity contribution in [3.05, 3.63) is 63.8 Å². The highest BCUT2D eigenvalue weighted by Crippen LogP contribution is 2.14. The van der Waals surface area contributed by atoms with E-state index in [0.29, 0.717) is 17.3 Å². The van der Waals surface area contributed by atoms with Crippen molar-refractivity contribution in [2.24, 2.45) is 10.8 Å². The van der Waals surface area contributed by atoms with Gasteiger partial charge in [0.15, 0.2) is 0 Å². The van der Waals surface area contributed by atoms with E-state index in [1.165, 1.54) is 5.56 Å². The van der Waals surface area contributed by atoms with Crippen LogP contribution in [0.1, 0.15) is 25.0 Å². The molecule has 0 spiro atoms. The van der Waals surface area contributed by atoms with Crippen LogP contribution in [0.4, 0.5) is 0 Å². The highest BCUT2D eigenvalue weighted by molar-refractivity contribution is 6.29. The van der Waals surface area contributed by atoms with Crippen LogP contribution in [0.15, 0.2) is 57.8 Å². The minimum atomic E-state index is 0.570. The van der Waals surface area contributed by atoms with Crippen molar-refractivity contribution in [2.45, 2.75) is 20.4 Å². The standard InChI is InChI=1S/C22H32ClN5.C2H2/c1-5-28(12-11-27(3)4)16-19-8-6-7-18(13-19)9-10-22-20(15-25-26-22)14-21(24)17(2)23;1-2/h6-10,13-14,25H,5,11-12,15-16,24H2,1-4H3;1-2H/b10-9+,20-14+,21-17-;. The molecular weight excluding hydrogens is 394 g/mol. The molecule has 1 aliphatic rings. The van der Waals surface area contributed by atoms with E-state index in [2.05, 4.69) is 84.5 Å². The fourth-order valence-corrected chi connectivity index (χ4v) is 2.90. The first-order valence-electron chi connectivity index (χ1n) is 9.99. The van der Waals surface area contributed by atoms with E-state index in [-0.39, 0.29) is 0 Å². The molecule has 0 amide bonds. The molecule has 0 unspecified atom stereocenters. The number of nitrogens with two attached hydrogens (primary N) is 1. The van der Waals surface area contributed by atoms with Crippen molar-refractivity contribution in [1.82, 2.24) is 15.2 Å². The molecule has 6 heteroatoms. The molecule has 0 saturated heterocycles. The second-order valence-corrected chi connectivity index (χ2v) is 7.81. The lowest BCUT2D eigenvalue weighted by Crippen LogP contribution is -2.31. The minimum Gasteiger partial charge on any atom is -0.398 e. The van der Waals surface area contributed by atoms with E-state index in [4.69, 9.17) is 17.3 Å². The molecule has 0 fully saturated rings. The number of benzene rings is 1. The fourth-order valence-electron chi connectivity index (χ4n) is 2.85. The quantitative estimate of drug-likeness (QED) is 0.590. The van der Waals surface area contributed by atoms with Crippen LogP contribution >= 0.6 is 11.6 Å². The molecule has 1 heterocycles. The Labute approximate surface area is 187 Å². The third-order valence-corrected chi connectivity index (χ3v) is 4.85. The Kier molecular flexibility index (Phi) is 11.6. The van der Waals surface area contributed by atoms with Gasteiger partial charge in [0.1, 0.15) is 0 Å². The van der Waals surface area contributed by atoms with E-state index in [0.717, 1.165) is 43.0 Å². The predicted molar refractivity (Wildman–Crippen MR) is 131 cm³/mol. The number of hydrogen-bond donors (Lipinski definition) is 2. The van der Waals surface area contributed by atoms with Gasteiger partial charge in [-0.25, -0.2) is 0 Å². The topological polar surface area (TPSA) is 56.9 Å². The van der Waals surface area contributed by atoms with Gasteiger partial charge in [-0.1, -0.05) is 48.9 Å². The molecule has 1 aromatic carbocycles. The van der Waals surface area contributed by atoms with Crippen molar-refractivity contribution < 1.29 is 0 Å². The van der Waals surface area contributed by atoms with Crippen LogP contribution in [0.2, 0.25) is 0 Å². The first kappa shape index (κ1) is 25.5. The number of allylic oxidation sites excluding steroid dienone is 3. The minimum absolute atomic E-state index is 0.570. The lowest BCUT2D eigenvalue weighted by atomic mass is 10.1. The summed E-state index contributed by atoms with van der Waals surface area (Å²) in [5.74, 6) is 0. The van der Waals surface area contributed by atoms with E-state index in [1.807, 2.05) is 12.2 Å². The van der Waals surface area contributed by atoms with Crippen LogP contribution in [0.3, 0.4) is 0 Å². The number of terminal acetylenes is 1. The number of hydrazone groups is 1. The van der Waals surface area contributed by atoms with E-state index < -0.39 is 0 Å². The van der Waals surface area contributed by atoms with Gasteiger partial charge in [0.05, 0.1) is 12.3 Å². The van der Waals surface area contributed by atoms with Crippen molar-refractivity contribution in [3.63, 3.8) is 0 Å². The third-order valence-electron chi connectivity index (χ3n) is 4.63. The summed E-state index contributed by atoms with van der Waals surface area (Å²) in [6.45, 7) is 8.77. The number of halogens is 1. The summed E-state index contributed by atoms with van der Waals surface area (Å²) in [5, 5.41) is 4.94. The smallest absolute Gasteiger partial charge is 0.0880 e. The Morgan fingerprint density at radius 3 is 2.63 bits per heavy atom. The SMILES string of the molecule is C#C.CCN(CCN(C)C)Cc1cccc(/C=C/C2=NNC/C2=C\C(N)=C(/C)Cl)c1. The number of likely N-dealkylation sites (N-methyl/N-ethyl adjacent to an activating group) is 2. The van der Waals surface area contributed by atoms with E-state index in [9.17, 15) is 0 Å². The zero-order valence-electron chi connectivity index (χ0n) is 18.5. The monoisotopic (exact) mass is 427 g/mol. The van der Waals surface area contributed by atoms with Crippen molar-refractivity contribution in [2.75, 3.05) is 40.3 Å². The number of nitrogens with one attached hydrogen (secondary N) is 1. The molecule has 0 atom stereocenters. The second kappa shape index (κ2) is 13.7. The van der Waals surface area contributed by atoms with E-state index in [1.54, 1.807) is 6.92 Å². The molecule has 2 rings (SSSR count). The lowest BCUT2D eigenvalue weighted by molar-refractivity contribution is 0.244. The van der Waals surface area contributed by atoms with Crippen LogP contribution in [-0.4, -0.2) is 55.8 Å². The van der Waals surface area contributed by atoms with Gasteiger partial charge in [0.2, 0.25) is 0 Å². The molecule has 3 N–H and O–H groups in total. The van der Waals surface area contributed by atoms with Crippen LogP contribution in [0.5, 0.6) is 0 Å². The second-order valence-electron chi connectivity index (χ2n) is 7.24. The average molecular weight is 428 g/mol. The normalized spacial score (nSPS) is 15.8. The zero-order valence-corrected chi connectivity index (χ0v) is 19.3. The third kappa shape index (κ3) is 8.87. The summed E-state index contributed by atoms with van der Waals surface area (Å²) < 4.78 is 0. The molecular formula is C24H34ClN5. The van der Waals surface area contributed by atoms with Gasteiger partial charge in [-0.15, -0.1) is 12.8 Å². The summed E-state index contributed by atoms with van der Waals surface area (Å²) in [6, 6.07) is 8.64. The summed E-state index contributed by atoms with van der Waals surface area (Å²) >= 11 is 5.96. The van der Waals surface area contributed by atoms with Crippen LogP contribution < -0.4 is 11.2 Å². The van der Waals surface area contributed by atoms with Crippen molar-refractivity contribution in [3.8, 4) is 12.8 Å². The predicted octanol–water partition coefficient (Wildman–Crippen LogP) is 3.65. The van der Waals surface area contributed by atoms with Crippen molar-refractivity contribution >= 4 is 23.4 Å². The van der Waals surface area contributed by atoms with Gasteiger partial charge in [-0.3, -0.25) is 4.90 Å². The van der Waals surface area contributed by atoms with Gasteiger partial charge in [-0.2, -0.15) is 5.10 Å². The lowest BCUT2D eigenvalue weighted by Gasteiger charge is -2.22. The fraction of sp³-hybridized carbons (Fsp3) is 0.375. The molecule has 162 valence electrons. The van der Waals surface area contributed by atoms with E-state index >= 15 is 0 Å². The first-order chi connectivity index (χ1) is 14.4. The van der Waals surface area contributed by atoms with Gasteiger partial charge < -0.3 is 16.1 Å². The van der Waals surface area contributed by atoms with Gasteiger partial charge in [0.25, 0.3) is 0 Å². The zero-order chi connectivity index (χ0) is 22.5. The Balaban J connectivity index is 0.00000218. The molecule has 30 heavy (non-hydrogen) atoms. The molecule has 1 aromatic rings. The number of hydrogen-bond acceptors (Lipinski definition) is 5. The van der Waals surface area contributed by atoms with Crippen LogP contribution in [0.25, 0.3) is 6.08 Å². The first-order valence-corrected chi connectivity index (χ1v) is 10.4. The maximum atomic E-state index is 5.96. The van der Waals surface area contributed by atoms with Crippen LogP contribution in [0, 0.1) is 12.8 Å². The van der Waals surface area contributed by atoms with Gasteiger partial charge >= 0.3 is 0 Å². The molecule has 0 saturated carbocycles. The summed E-state index contributed by atoms with van der Waals surface area (Å²) in [7, 11) is 4.22. The summed E-state index contributed by atoms with van der Waals surface area (Å²) in [5.41, 5.74) is 13.9. The molecule has 5 nitrogen and oxygen atoms in total. The number of nitrogens with zero attached hydrogens (tertiary/aromatic N) is 3. The molecule has 0 bridgehead atoms. The Bertz CT molecular complexity index is 814. The molecule has 0 aromatic heterocycles. The molecule has 0 aliphatic carbocycles. The Morgan fingerprint density at radius 2 is 2.00 bits per heavy atom. The average Bonchev–Trinajstić information content (AvgIpc) is 3.18. The summed E-state index contributed by atoms with van der Waals surface area (Å²) in [4.78, 5) is 4.68. The summed E-state index contributed by atoms with van der Waals surface area (Å²) in [6.07, 6.45) is 14.0.